The monoisotopic (exact) mass is 257 g/mol. The van der Waals surface area contributed by atoms with Gasteiger partial charge in [0.1, 0.15) is 11.6 Å². The number of aromatic nitrogens is 2. The summed E-state index contributed by atoms with van der Waals surface area (Å²) in [6.07, 6.45) is 2.69. The maximum Gasteiger partial charge on any atom is 0.135 e. The fourth-order valence-corrected chi connectivity index (χ4v) is 1.69. The predicted molar refractivity (Wildman–Crippen MR) is 76.2 cm³/mol. The number of ether oxygens (including phenoxy) is 1. The average molecular weight is 257 g/mol. The van der Waals surface area contributed by atoms with Gasteiger partial charge in [-0.1, -0.05) is 30.3 Å². The summed E-state index contributed by atoms with van der Waals surface area (Å²) in [4.78, 5) is 8.80. The van der Waals surface area contributed by atoms with Gasteiger partial charge in [0.2, 0.25) is 0 Å². The standard InChI is InChI=1S/C15H19N3O/c1-12(19-2)11-17-14-8-9-16-15(18-14)10-13-6-4-3-5-7-13/h3-9,12H,10-11H2,1-2H3,(H,16,17,18). The second kappa shape index (κ2) is 6.85. The van der Waals surface area contributed by atoms with Crippen molar-refractivity contribution in [2.75, 3.05) is 19.0 Å². The van der Waals surface area contributed by atoms with E-state index in [1.807, 2.05) is 31.2 Å². The van der Waals surface area contributed by atoms with E-state index in [0.717, 1.165) is 24.6 Å². The van der Waals surface area contributed by atoms with Crippen LogP contribution in [0.25, 0.3) is 0 Å². The molecule has 0 bridgehead atoms. The first-order valence-corrected chi connectivity index (χ1v) is 6.40. The number of rotatable bonds is 6. The summed E-state index contributed by atoms with van der Waals surface area (Å²) in [6.45, 7) is 2.75. The van der Waals surface area contributed by atoms with Gasteiger partial charge in [0, 0.05) is 26.3 Å². The van der Waals surface area contributed by atoms with Crippen LogP contribution in [0.3, 0.4) is 0 Å². The van der Waals surface area contributed by atoms with Gasteiger partial charge in [0.05, 0.1) is 6.10 Å². The van der Waals surface area contributed by atoms with Crippen molar-refractivity contribution >= 4 is 5.82 Å². The van der Waals surface area contributed by atoms with Crippen molar-refractivity contribution in [1.82, 2.24) is 9.97 Å². The minimum atomic E-state index is 0.160. The average Bonchev–Trinajstić information content (AvgIpc) is 2.46. The van der Waals surface area contributed by atoms with Crippen LogP contribution in [0, 0.1) is 0 Å². The van der Waals surface area contributed by atoms with E-state index in [-0.39, 0.29) is 6.10 Å². The van der Waals surface area contributed by atoms with E-state index in [4.69, 9.17) is 4.74 Å². The lowest BCUT2D eigenvalue weighted by atomic mass is 10.1. The molecule has 0 saturated carbocycles. The van der Waals surface area contributed by atoms with Gasteiger partial charge >= 0.3 is 0 Å². The molecule has 4 nitrogen and oxygen atoms in total. The summed E-state index contributed by atoms with van der Waals surface area (Å²) >= 11 is 0. The summed E-state index contributed by atoms with van der Waals surface area (Å²) < 4.78 is 5.19. The highest BCUT2D eigenvalue weighted by Gasteiger charge is 2.03. The van der Waals surface area contributed by atoms with Crippen LogP contribution in [0.15, 0.2) is 42.6 Å². The maximum absolute atomic E-state index is 5.19. The number of anilines is 1. The zero-order valence-corrected chi connectivity index (χ0v) is 11.3. The molecule has 4 heteroatoms. The molecule has 0 aliphatic carbocycles. The molecule has 2 aromatic rings. The molecule has 0 amide bonds. The van der Waals surface area contributed by atoms with Crippen LogP contribution in [-0.4, -0.2) is 29.7 Å². The van der Waals surface area contributed by atoms with Gasteiger partial charge in [0.15, 0.2) is 0 Å². The van der Waals surface area contributed by atoms with E-state index in [0.29, 0.717) is 0 Å². The first-order valence-electron chi connectivity index (χ1n) is 6.40. The summed E-state index contributed by atoms with van der Waals surface area (Å²) in [7, 11) is 1.70. The van der Waals surface area contributed by atoms with Crippen LogP contribution < -0.4 is 5.32 Å². The molecular weight excluding hydrogens is 238 g/mol. The van der Waals surface area contributed by atoms with Gasteiger partial charge < -0.3 is 10.1 Å². The molecule has 0 aliphatic heterocycles. The first-order chi connectivity index (χ1) is 9.28. The van der Waals surface area contributed by atoms with Crippen molar-refractivity contribution in [3.63, 3.8) is 0 Å². The number of nitrogens with zero attached hydrogens (tertiary/aromatic N) is 2. The minimum Gasteiger partial charge on any atom is -0.380 e. The molecule has 1 aromatic carbocycles. The molecule has 0 fully saturated rings. The second-order valence-electron chi connectivity index (χ2n) is 4.45. The largest absolute Gasteiger partial charge is 0.380 e. The number of nitrogens with one attached hydrogen (secondary N) is 1. The van der Waals surface area contributed by atoms with Crippen LogP contribution >= 0.6 is 0 Å². The van der Waals surface area contributed by atoms with Crippen LogP contribution in [0.1, 0.15) is 18.3 Å². The molecule has 0 saturated heterocycles. The maximum atomic E-state index is 5.19. The molecule has 1 aromatic heterocycles. The van der Waals surface area contributed by atoms with Crippen molar-refractivity contribution in [3.05, 3.63) is 54.0 Å². The smallest absolute Gasteiger partial charge is 0.135 e. The predicted octanol–water partition coefficient (Wildman–Crippen LogP) is 2.51. The number of hydrogen-bond donors (Lipinski definition) is 1. The van der Waals surface area contributed by atoms with Crippen LogP contribution in [0.5, 0.6) is 0 Å². The van der Waals surface area contributed by atoms with E-state index in [1.165, 1.54) is 5.56 Å². The van der Waals surface area contributed by atoms with E-state index >= 15 is 0 Å². The van der Waals surface area contributed by atoms with E-state index in [9.17, 15) is 0 Å². The normalized spacial score (nSPS) is 12.1. The molecule has 1 atom stereocenters. The van der Waals surface area contributed by atoms with Crippen molar-refractivity contribution in [2.45, 2.75) is 19.4 Å². The van der Waals surface area contributed by atoms with E-state index < -0.39 is 0 Å². The zero-order valence-electron chi connectivity index (χ0n) is 11.3. The van der Waals surface area contributed by atoms with Crippen molar-refractivity contribution in [2.24, 2.45) is 0 Å². The second-order valence-corrected chi connectivity index (χ2v) is 4.45. The van der Waals surface area contributed by atoms with E-state index in [1.54, 1.807) is 13.3 Å². The Balaban J connectivity index is 1.99. The SMILES string of the molecule is COC(C)CNc1ccnc(Cc2ccccc2)n1. The topological polar surface area (TPSA) is 47.0 Å². The molecule has 1 unspecified atom stereocenters. The molecule has 100 valence electrons. The molecule has 2 rings (SSSR count). The van der Waals surface area contributed by atoms with Crippen molar-refractivity contribution < 1.29 is 4.74 Å². The van der Waals surface area contributed by atoms with Crippen molar-refractivity contribution in [3.8, 4) is 0 Å². The first kappa shape index (κ1) is 13.5. The Kier molecular flexibility index (Phi) is 4.86. The van der Waals surface area contributed by atoms with Crippen molar-refractivity contribution in [1.29, 1.82) is 0 Å². The third-order valence-corrected chi connectivity index (χ3v) is 2.88. The highest BCUT2D eigenvalue weighted by atomic mass is 16.5. The summed E-state index contributed by atoms with van der Waals surface area (Å²) in [5.74, 6) is 1.66. The Morgan fingerprint density at radius 1 is 1.21 bits per heavy atom. The van der Waals surface area contributed by atoms with Gasteiger partial charge in [-0.3, -0.25) is 0 Å². The molecule has 19 heavy (non-hydrogen) atoms. The fourth-order valence-electron chi connectivity index (χ4n) is 1.69. The lowest BCUT2D eigenvalue weighted by Crippen LogP contribution is -2.19. The van der Waals surface area contributed by atoms with Gasteiger partial charge in [-0.2, -0.15) is 0 Å². The van der Waals surface area contributed by atoms with Gasteiger partial charge in [-0.05, 0) is 18.6 Å². The lowest BCUT2D eigenvalue weighted by Gasteiger charge is -2.11. The molecule has 1 N–H and O–H groups in total. The zero-order chi connectivity index (χ0) is 13.5. The highest BCUT2D eigenvalue weighted by Crippen LogP contribution is 2.08. The van der Waals surface area contributed by atoms with E-state index in [2.05, 4.69) is 27.4 Å². The number of hydrogen-bond acceptors (Lipinski definition) is 4. The molecular formula is C15H19N3O. The fraction of sp³-hybridized carbons (Fsp3) is 0.333. The number of methoxy groups -OCH3 is 1. The Bertz CT molecular complexity index is 502. The summed E-state index contributed by atoms with van der Waals surface area (Å²) in [5.41, 5.74) is 1.21. The summed E-state index contributed by atoms with van der Waals surface area (Å²) in [6, 6.07) is 12.1. The Morgan fingerprint density at radius 2 is 2.00 bits per heavy atom. The third kappa shape index (κ3) is 4.34. The van der Waals surface area contributed by atoms with Gasteiger partial charge in [-0.15, -0.1) is 0 Å². The highest BCUT2D eigenvalue weighted by molar-refractivity contribution is 5.33. The van der Waals surface area contributed by atoms with Gasteiger partial charge in [-0.25, -0.2) is 9.97 Å². The molecule has 1 heterocycles. The Hall–Kier alpha value is -1.94. The number of benzene rings is 1. The third-order valence-electron chi connectivity index (χ3n) is 2.88. The molecule has 0 aliphatic rings. The lowest BCUT2D eigenvalue weighted by molar-refractivity contribution is 0.128. The summed E-state index contributed by atoms with van der Waals surface area (Å²) in [5, 5.41) is 3.25. The van der Waals surface area contributed by atoms with Crippen LogP contribution in [0.2, 0.25) is 0 Å². The molecule has 0 spiro atoms. The van der Waals surface area contributed by atoms with Gasteiger partial charge in [0.25, 0.3) is 0 Å². The Labute approximate surface area is 113 Å². The van der Waals surface area contributed by atoms with Crippen LogP contribution in [0.4, 0.5) is 5.82 Å². The Morgan fingerprint density at radius 3 is 2.74 bits per heavy atom. The minimum absolute atomic E-state index is 0.160. The van der Waals surface area contributed by atoms with Crippen LogP contribution in [-0.2, 0) is 11.2 Å². The molecule has 0 radical (unpaired) electrons. The quantitative estimate of drug-likeness (QED) is 0.863.